The fourth-order valence-electron chi connectivity index (χ4n) is 1.73. The van der Waals surface area contributed by atoms with Gasteiger partial charge >= 0.3 is 5.97 Å². The third kappa shape index (κ3) is 2.74. The zero-order valence-electron chi connectivity index (χ0n) is 11.0. The molecule has 0 aliphatic rings. The van der Waals surface area contributed by atoms with Crippen molar-refractivity contribution in [3.8, 4) is 10.4 Å². The Labute approximate surface area is 125 Å². The van der Waals surface area contributed by atoms with Crippen molar-refractivity contribution in [2.75, 3.05) is 0 Å². The van der Waals surface area contributed by atoms with Gasteiger partial charge in [-0.1, -0.05) is 22.0 Å². The van der Waals surface area contributed by atoms with Crippen LogP contribution in [-0.2, 0) is 10.2 Å². The first-order valence-corrected chi connectivity index (χ1v) is 7.53. The molecule has 1 N–H and O–H groups in total. The van der Waals surface area contributed by atoms with Crippen molar-refractivity contribution in [2.45, 2.75) is 26.2 Å². The van der Waals surface area contributed by atoms with Gasteiger partial charge in [0.15, 0.2) is 0 Å². The minimum atomic E-state index is -0.840. The second-order valence-corrected chi connectivity index (χ2v) is 7.00. The fourth-order valence-corrected chi connectivity index (χ4v) is 3.08. The third-order valence-corrected chi connectivity index (χ3v) is 5.55. The van der Waals surface area contributed by atoms with Crippen molar-refractivity contribution in [2.24, 2.45) is 0 Å². The highest BCUT2D eigenvalue weighted by Crippen LogP contribution is 2.36. The number of carbonyl (C=O) groups is 1. The number of aryl methyl sites for hydroxylation is 1. The summed E-state index contributed by atoms with van der Waals surface area (Å²) in [5, 5.41) is 9.26. The van der Waals surface area contributed by atoms with E-state index in [1.54, 1.807) is 13.8 Å². The molecule has 100 valence electrons. The normalized spacial score (nSPS) is 11.6. The van der Waals surface area contributed by atoms with Crippen LogP contribution in [0.15, 0.2) is 34.8 Å². The van der Waals surface area contributed by atoms with E-state index in [-0.39, 0.29) is 0 Å². The molecule has 0 saturated heterocycles. The Balaban J connectivity index is 2.41. The average Bonchev–Trinajstić information content (AvgIpc) is 2.82. The highest BCUT2D eigenvalue weighted by Gasteiger charge is 2.31. The van der Waals surface area contributed by atoms with Crippen LogP contribution in [0.5, 0.6) is 0 Å². The van der Waals surface area contributed by atoms with Crippen LogP contribution in [0.25, 0.3) is 10.4 Å². The smallest absolute Gasteiger partial charge is 0.314 e. The van der Waals surface area contributed by atoms with E-state index in [1.807, 2.05) is 31.2 Å². The summed E-state index contributed by atoms with van der Waals surface area (Å²) in [7, 11) is 0. The van der Waals surface area contributed by atoms with Gasteiger partial charge in [-0.25, -0.2) is 0 Å². The molecular weight excluding hydrogens is 324 g/mol. The third-order valence-electron chi connectivity index (χ3n) is 3.20. The largest absolute Gasteiger partial charge is 0.481 e. The molecule has 1 aromatic carbocycles. The van der Waals surface area contributed by atoms with E-state index < -0.39 is 11.4 Å². The zero-order valence-corrected chi connectivity index (χ0v) is 13.4. The lowest BCUT2D eigenvalue weighted by Gasteiger charge is -2.16. The lowest BCUT2D eigenvalue weighted by Crippen LogP contribution is -2.27. The molecule has 0 aliphatic heterocycles. The Bertz CT molecular complexity index is 629. The SMILES string of the molecule is Cc1cc(-c2ccc(C(C)(C)C(=O)O)s2)ccc1Br. The van der Waals surface area contributed by atoms with Gasteiger partial charge < -0.3 is 5.11 Å². The molecule has 0 atom stereocenters. The number of aliphatic carboxylic acids is 1. The number of hydrogen-bond acceptors (Lipinski definition) is 2. The molecule has 1 heterocycles. The molecule has 19 heavy (non-hydrogen) atoms. The number of halogens is 1. The van der Waals surface area contributed by atoms with Crippen LogP contribution in [-0.4, -0.2) is 11.1 Å². The van der Waals surface area contributed by atoms with Crippen molar-refractivity contribution in [3.63, 3.8) is 0 Å². The highest BCUT2D eigenvalue weighted by molar-refractivity contribution is 9.10. The molecule has 1 aromatic heterocycles. The van der Waals surface area contributed by atoms with Crippen molar-refractivity contribution in [3.05, 3.63) is 45.2 Å². The Kier molecular flexibility index (Phi) is 3.83. The maximum absolute atomic E-state index is 11.3. The van der Waals surface area contributed by atoms with Gasteiger partial charge in [-0.05, 0) is 56.2 Å². The summed E-state index contributed by atoms with van der Waals surface area (Å²) < 4.78 is 1.08. The van der Waals surface area contributed by atoms with E-state index in [9.17, 15) is 9.90 Å². The molecule has 0 radical (unpaired) electrons. The van der Waals surface area contributed by atoms with E-state index in [2.05, 4.69) is 22.0 Å². The molecule has 0 fully saturated rings. The van der Waals surface area contributed by atoms with E-state index in [0.29, 0.717) is 0 Å². The monoisotopic (exact) mass is 338 g/mol. The minimum Gasteiger partial charge on any atom is -0.481 e. The van der Waals surface area contributed by atoms with Gasteiger partial charge in [0.2, 0.25) is 0 Å². The first-order valence-electron chi connectivity index (χ1n) is 5.92. The van der Waals surface area contributed by atoms with Crippen molar-refractivity contribution >= 4 is 33.2 Å². The molecule has 0 aliphatic carbocycles. The summed E-state index contributed by atoms with van der Waals surface area (Å²) >= 11 is 5.02. The average molecular weight is 339 g/mol. The first-order chi connectivity index (χ1) is 8.82. The van der Waals surface area contributed by atoms with Crippen molar-refractivity contribution < 1.29 is 9.90 Å². The number of thiophene rings is 1. The van der Waals surface area contributed by atoms with Crippen LogP contribution < -0.4 is 0 Å². The number of hydrogen-bond donors (Lipinski definition) is 1. The van der Waals surface area contributed by atoms with Gasteiger partial charge in [0.25, 0.3) is 0 Å². The summed E-state index contributed by atoms with van der Waals surface area (Å²) in [6, 6.07) is 10.1. The Hall–Kier alpha value is -1.13. The van der Waals surface area contributed by atoms with Crippen LogP contribution >= 0.6 is 27.3 Å². The molecular formula is C15H15BrO2S. The Morgan fingerprint density at radius 2 is 1.95 bits per heavy atom. The first kappa shape index (κ1) is 14.3. The van der Waals surface area contributed by atoms with Gasteiger partial charge in [-0.15, -0.1) is 11.3 Å². The second-order valence-electron chi connectivity index (χ2n) is 5.06. The number of benzene rings is 1. The second kappa shape index (κ2) is 5.10. The van der Waals surface area contributed by atoms with Gasteiger partial charge in [0.05, 0.1) is 5.41 Å². The van der Waals surface area contributed by atoms with E-state index in [4.69, 9.17) is 0 Å². The van der Waals surface area contributed by atoms with Crippen LogP contribution in [0.3, 0.4) is 0 Å². The predicted molar refractivity (Wildman–Crippen MR) is 82.9 cm³/mol. The number of rotatable bonds is 3. The molecule has 0 bridgehead atoms. The van der Waals surface area contributed by atoms with E-state index in [0.717, 1.165) is 19.8 Å². The topological polar surface area (TPSA) is 37.3 Å². The molecule has 0 unspecified atom stereocenters. The minimum absolute atomic E-state index is 0.798. The van der Waals surface area contributed by atoms with E-state index in [1.165, 1.54) is 16.9 Å². The van der Waals surface area contributed by atoms with E-state index >= 15 is 0 Å². The maximum atomic E-state index is 11.3. The predicted octanol–water partition coefficient (Wildman–Crippen LogP) is 4.85. The van der Waals surface area contributed by atoms with Crippen LogP contribution in [0, 0.1) is 6.92 Å². The number of carboxylic acids is 1. The van der Waals surface area contributed by atoms with Crippen molar-refractivity contribution in [1.29, 1.82) is 0 Å². The van der Waals surface area contributed by atoms with Crippen LogP contribution in [0.4, 0.5) is 0 Å². The van der Waals surface area contributed by atoms with Crippen molar-refractivity contribution in [1.82, 2.24) is 0 Å². The fraction of sp³-hybridized carbons (Fsp3) is 0.267. The quantitative estimate of drug-likeness (QED) is 0.868. The molecule has 0 saturated carbocycles. The summed E-state index contributed by atoms with van der Waals surface area (Å²) in [6.07, 6.45) is 0. The molecule has 2 rings (SSSR count). The molecule has 2 nitrogen and oxygen atoms in total. The molecule has 2 aromatic rings. The van der Waals surface area contributed by atoms with Gasteiger partial charge in [-0.2, -0.15) is 0 Å². The van der Waals surface area contributed by atoms with Gasteiger partial charge in [0, 0.05) is 14.2 Å². The highest BCUT2D eigenvalue weighted by atomic mass is 79.9. The summed E-state index contributed by atoms with van der Waals surface area (Å²) in [6.45, 7) is 5.51. The standard InChI is InChI=1S/C15H15BrO2S/c1-9-8-10(4-5-11(9)16)12-6-7-13(19-12)15(2,3)14(17)18/h4-8H,1-3H3,(H,17,18). The Morgan fingerprint density at radius 1 is 1.26 bits per heavy atom. The summed E-state index contributed by atoms with van der Waals surface area (Å²) in [4.78, 5) is 13.2. The zero-order chi connectivity index (χ0) is 14.2. The van der Waals surface area contributed by atoms with Crippen LogP contribution in [0.1, 0.15) is 24.3 Å². The summed E-state index contributed by atoms with van der Waals surface area (Å²) in [5.41, 5.74) is 1.45. The maximum Gasteiger partial charge on any atom is 0.314 e. The van der Waals surface area contributed by atoms with Gasteiger partial charge in [-0.3, -0.25) is 4.79 Å². The molecule has 4 heteroatoms. The lowest BCUT2D eigenvalue weighted by molar-refractivity contribution is -0.142. The Morgan fingerprint density at radius 3 is 2.53 bits per heavy atom. The number of carboxylic acid groups (broad SMARTS) is 1. The van der Waals surface area contributed by atoms with Gasteiger partial charge in [0.1, 0.15) is 0 Å². The van der Waals surface area contributed by atoms with Crippen LogP contribution in [0.2, 0.25) is 0 Å². The molecule has 0 amide bonds. The molecule has 0 spiro atoms. The lowest BCUT2D eigenvalue weighted by atomic mass is 9.92. The summed E-state index contributed by atoms with van der Waals surface area (Å²) in [5.74, 6) is -0.798.